The van der Waals surface area contributed by atoms with E-state index in [4.69, 9.17) is 23.7 Å². The van der Waals surface area contributed by atoms with E-state index in [0.717, 1.165) is 28.7 Å². The van der Waals surface area contributed by atoms with Gasteiger partial charge in [-0.15, -0.1) is 0 Å². The highest BCUT2D eigenvalue weighted by Crippen LogP contribution is 2.32. The van der Waals surface area contributed by atoms with Crippen molar-refractivity contribution in [2.24, 2.45) is 0 Å². The molecule has 1 aliphatic rings. The molecule has 1 fully saturated rings. The molecule has 4 aromatic carbocycles. The lowest BCUT2D eigenvalue weighted by atomic mass is 9.92. The minimum atomic E-state index is -0.390. The van der Waals surface area contributed by atoms with E-state index < -0.39 is 6.10 Å². The predicted octanol–water partition coefficient (Wildman–Crippen LogP) is 7.14. The molecule has 0 spiro atoms. The van der Waals surface area contributed by atoms with Gasteiger partial charge in [-0.25, -0.2) is 0 Å². The lowest BCUT2D eigenvalue weighted by Crippen LogP contribution is -2.61. The van der Waals surface area contributed by atoms with Crippen LogP contribution in [-0.4, -0.2) is 37.1 Å². The summed E-state index contributed by atoms with van der Waals surface area (Å²) >= 11 is 0. The third-order valence-corrected chi connectivity index (χ3v) is 7.38. The maximum absolute atomic E-state index is 6.71. The van der Waals surface area contributed by atoms with Crippen molar-refractivity contribution in [3.8, 4) is 0 Å². The largest absolute Gasteiger partial charge is 0.374 e. The van der Waals surface area contributed by atoms with Gasteiger partial charge < -0.3 is 23.7 Å². The zero-order valence-electron chi connectivity index (χ0n) is 23.7. The minimum Gasteiger partial charge on any atom is -0.374 e. The Balaban J connectivity index is 1.38. The smallest absolute Gasteiger partial charge is 0.115 e. The minimum absolute atomic E-state index is 0.165. The van der Waals surface area contributed by atoms with Crippen LogP contribution in [0.4, 0.5) is 0 Å². The van der Waals surface area contributed by atoms with Crippen LogP contribution in [0.1, 0.15) is 35.6 Å². The van der Waals surface area contributed by atoms with Crippen LogP contribution in [0.25, 0.3) is 0 Å². The maximum Gasteiger partial charge on any atom is 0.115 e. The van der Waals surface area contributed by atoms with Gasteiger partial charge in [0.05, 0.1) is 39.1 Å². The molecule has 1 saturated heterocycles. The van der Waals surface area contributed by atoms with Gasteiger partial charge in [-0.1, -0.05) is 128 Å². The molecule has 214 valence electrons. The first-order chi connectivity index (χ1) is 20.3. The van der Waals surface area contributed by atoms with E-state index in [0.29, 0.717) is 33.0 Å². The predicted molar refractivity (Wildman–Crippen MR) is 160 cm³/mol. The monoisotopic (exact) mass is 552 g/mol. The first kappa shape index (κ1) is 29.2. The average Bonchev–Trinajstić information content (AvgIpc) is 3.04. The summed E-state index contributed by atoms with van der Waals surface area (Å²) in [6.45, 7) is 4.39. The summed E-state index contributed by atoms with van der Waals surface area (Å²) < 4.78 is 32.9. The van der Waals surface area contributed by atoms with Crippen molar-refractivity contribution >= 4 is 0 Å². The van der Waals surface area contributed by atoms with Crippen LogP contribution < -0.4 is 0 Å². The number of rotatable bonds is 14. The average molecular weight is 553 g/mol. The van der Waals surface area contributed by atoms with Crippen LogP contribution in [0.5, 0.6) is 0 Å². The zero-order chi connectivity index (χ0) is 28.1. The summed E-state index contributed by atoms with van der Waals surface area (Å²) in [4.78, 5) is 0. The van der Waals surface area contributed by atoms with Gasteiger partial charge in [-0.2, -0.15) is 0 Å². The molecule has 5 rings (SSSR count). The summed E-state index contributed by atoms with van der Waals surface area (Å²) in [5, 5.41) is 0. The second kappa shape index (κ2) is 15.6. The van der Waals surface area contributed by atoms with Crippen LogP contribution in [0.15, 0.2) is 121 Å². The van der Waals surface area contributed by atoms with Crippen molar-refractivity contribution in [3.63, 3.8) is 0 Å². The van der Waals surface area contributed by atoms with Gasteiger partial charge >= 0.3 is 0 Å². The molecule has 5 nitrogen and oxygen atoms in total. The van der Waals surface area contributed by atoms with Crippen molar-refractivity contribution < 1.29 is 23.7 Å². The highest BCUT2D eigenvalue weighted by atomic mass is 16.6. The van der Waals surface area contributed by atoms with Gasteiger partial charge in [0.1, 0.15) is 24.4 Å². The summed E-state index contributed by atoms with van der Waals surface area (Å²) in [6, 6.07) is 40.9. The van der Waals surface area contributed by atoms with Crippen LogP contribution in [-0.2, 0) is 50.1 Å². The number of benzene rings is 4. The van der Waals surface area contributed by atoms with E-state index in [9.17, 15) is 0 Å². The molecule has 4 aromatic rings. The Labute approximate surface area is 244 Å². The molecule has 0 amide bonds. The number of ether oxygens (including phenoxy) is 5. The van der Waals surface area contributed by atoms with Gasteiger partial charge in [0.25, 0.3) is 0 Å². The quantitative estimate of drug-likeness (QED) is 0.166. The fourth-order valence-electron chi connectivity index (χ4n) is 5.21. The van der Waals surface area contributed by atoms with Crippen LogP contribution in [0.2, 0.25) is 0 Å². The normalized spacial score (nSPS) is 22.4. The highest BCUT2D eigenvalue weighted by Gasteiger charge is 2.47. The summed E-state index contributed by atoms with van der Waals surface area (Å²) in [6.07, 6.45) is -0.753. The van der Waals surface area contributed by atoms with Gasteiger partial charge in [0, 0.05) is 0 Å². The Bertz CT molecular complexity index is 1250. The van der Waals surface area contributed by atoms with Gasteiger partial charge in [-0.3, -0.25) is 0 Å². The molecule has 0 aromatic heterocycles. The third-order valence-electron chi connectivity index (χ3n) is 7.38. The zero-order valence-corrected chi connectivity index (χ0v) is 23.7. The van der Waals surface area contributed by atoms with Crippen molar-refractivity contribution in [1.82, 2.24) is 0 Å². The Morgan fingerprint density at radius 3 is 1.24 bits per heavy atom. The first-order valence-corrected chi connectivity index (χ1v) is 14.5. The molecular formula is C36H40O5. The van der Waals surface area contributed by atoms with Crippen LogP contribution in [0.3, 0.4) is 0 Å². The Kier molecular flexibility index (Phi) is 11.1. The van der Waals surface area contributed by atoms with Gasteiger partial charge in [0.2, 0.25) is 0 Å². The molecule has 0 unspecified atom stereocenters. The number of hydrogen-bond acceptors (Lipinski definition) is 5. The fourth-order valence-corrected chi connectivity index (χ4v) is 5.21. The van der Waals surface area contributed by atoms with Crippen LogP contribution in [0, 0.1) is 0 Å². The first-order valence-electron chi connectivity index (χ1n) is 14.5. The molecule has 5 atom stereocenters. The number of hydrogen-bond donors (Lipinski definition) is 0. The molecule has 0 aliphatic carbocycles. The highest BCUT2D eigenvalue weighted by molar-refractivity contribution is 5.16. The fraction of sp³-hybridized carbons (Fsp3) is 0.333. The Hall–Kier alpha value is -3.32. The molecule has 1 aliphatic heterocycles. The SMILES string of the molecule is CC[C@@H]1O[C@H](COCc2ccccc2)[C@H](OCc2ccccc2)[C@@H](OCc2ccccc2)[C@@H]1OCc1ccccc1. The maximum atomic E-state index is 6.71. The van der Waals surface area contributed by atoms with E-state index in [1.807, 2.05) is 72.8 Å². The van der Waals surface area contributed by atoms with E-state index in [1.54, 1.807) is 0 Å². The molecular weight excluding hydrogens is 512 g/mol. The second-order valence-corrected chi connectivity index (χ2v) is 10.4. The lowest BCUT2D eigenvalue weighted by Gasteiger charge is -2.46. The molecule has 0 radical (unpaired) electrons. The van der Waals surface area contributed by atoms with Crippen molar-refractivity contribution in [3.05, 3.63) is 144 Å². The third kappa shape index (κ3) is 8.59. The Morgan fingerprint density at radius 1 is 0.463 bits per heavy atom. The summed E-state index contributed by atoms with van der Waals surface area (Å²) in [5.74, 6) is 0. The van der Waals surface area contributed by atoms with Gasteiger partial charge in [-0.05, 0) is 28.7 Å². The lowest BCUT2D eigenvalue weighted by molar-refractivity contribution is -0.272. The van der Waals surface area contributed by atoms with E-state index in [-0.39, 0.29) is 24.4 Å². The van der Waals surface area contributed by atoms with E-state index in [1.165, 1.54) is 0 Å². The van der Waals surface area contributed by atoms with Crippen molar-refractivity contribution in [2.45, 2.75) is 70.3 Å². The topological polar surface area (TPSA) is 46.2 Å². The molecule has 5 heteroatoms. The van der Waals surface area contributed by atoms with E-state index in [2.05, 4.69) is 55.5 Å². The summed E-state index contributed by atoms with van der Waals surface area (Å²) in [7, 11) is 0. The molecule has 1 heterocycles. The standard InChI is InChI=1S/C36H40O5/c1-2-32-34(38-24-29-17-9-4-10-18-29)36(40-26-31-21-13-6-14-22-31)35(39-25-30-19-11-5-12-20-30)33(41-32)27-37-23-28-15-7-3-8-16-28/h3-22,32-36H,2,23-27H2,1H3/t32-,33+,34+,35-,36-/m0/s1. The Morgan fingerprint density at radius 2 is 0.829 bits per heavy atom. The second-order valence-electron chi connectivity index (χ2n) is 10.4. The van der Waals surface area contributed by atoms with Crippen LogP contribution >= 0.6 is 0 Å². The molecule has 0 bridgehead atoms. The van der Waals surface area contributed by atoms with Crippen molar-refractivity contribution in [1.29, 1.82) is 0 Å². The summed E-state index contributed by atoms with van der Waals surface area (Å²) in [5.41, 5.74) is 4.43. The molecule has 41 heavy (non-hydrogen) atoms. The van der Waals surface area contributed by atoms with Gasteiger partial charge in [0.15, 0.2) is 0 Å². The van der Waals surface area contributed by atoms with E-state index >= 15 is 0 Å². The van der Waals surface area contributed by atoms with Crippen molar-refractivity contribution in [2.75, 3.05) is 6.61 Å². The molecule has 0 saturated carbocycles. The molecule has 0 N–H and O–H groups in total.